The summed E-state index contributed by atoms with van der Waals surface area (Å²) in [6.45, 7) is 0. The third kappa shape index (κ3) is 2.38. The highest BCUT2D eigenvalue weighted by Crippen LogP contribution is 2.31. The van der Waals surface area contributed by atoms with Gasteiger partial charge in [0.15, 0.2) is 11.6 Å². The van der Waals surface area contributed by atoms with E-state index in [0.717, 1.165) is 6.07 Å². The van der Waals surface area contributed by atoms with Crippen molar-refractivity contribution in [1.29, 1.82) is 0 Å². The number of H-pyrrole nitrogens is 1. The largest absolute Gasteiger partial charge is 0.491 e. The lowest BCUT2D eigenvalue weighted by molar-refractivity contribution is 0.420. The number of rotatable bonds is 3. The molecule has 3 N–H and O–H groups in total. The van der Waals surface area contributed by atoms with E-state index in [1.54, 1.807) is 24.4 Å². The minimum atomic E-state index is -2.08. The zero-order valence-electron chi connectivity index (χ0n) is 11.2. The molecule has 0 saturated heterocycles. The molecule has 1 aromatic carbocycles. The van der Waals surface area contributed by atoms with Gasteiger partial charge in [-0.1, -0.05) is 18.2 Å². The van der Waals surface area contributed by atoms with Crippen LogP contribution in [0.2, 0.25) is 0 Å². The fourth-order valence-corrected chi connectivity index (χ4v) is 2.17. The Labute approximate surface area is 124 Å². The van der Waals surface area contributed by atoms with Crippen LogP contribution in [-0.4, -0.2) is 32.3 Å². The van der Waals surface area contributed by atoms with Gasteiger partial charge in [0, 0.05) is 22.8 Å². The van der Waals surface area contributed by atoms with E-state index in [1.165, 1.54) is 12.3 Å². The van der Waals surface area contributed by atoms with Crippen molar-refractivity contribution in [2.45, 2.75) is 0 Å². The summed E-state index contributed by atoms with van der Waals surface area (Å²) in [5, 5.41) is 24.6. The number of aromatic nitrogens is 3. The lowest BCUT2D eigenvalue weighted by Crippen LogP contribution is -2.33. The van der Waals surface area contributed by atoms with E-state index in [2.05, 4.69) is 15.2 Å². The van der Waals surface area contributed by atoms with Crippen molar-refractivity contribution < 1.29 is 18.8 Å². The topological polar surface area (TPSA) is 82.0 Å². The van der Waals surface area contributed by atoms with Gasteiger partial charge in [-0.3, -0.25) is 10.1 Å². The van der Waals surface area contributed by atoms with Gasteiger partial charge in [0.1, 0.15) is 0 Å². The molecule has 3 rings (SSSR count). The lowest BCUT2D eigenvalue weighted by Gasteiger charge is -2.08. The zero-order valence-corrected chi connectivity index (χ0v) is 11.2. The minimum absolute atomic E-state index is 0.0451. The number of nitrogens with zero attached hydrogens (tertiary/aromatic N) is 2. The third-order valence-electron chi connectivity index (χ3n) is 3.24. The van der Waals surface area contributed by atoms with E-state index in [4.69, 9.17) is 10.0 Å². The summed E-state index contributed by atoms with van der Waals surface area (Å²) in [5.74, 6) is -2.48. The first kappa shape index (κ1) is 14.4. The van der Waals surface area contributed by atoms with Crippen LogP contribution in [0.1, 0.15) is 0 Å². The Hall–Kier alpha value is -2.58. The molecule has 0 atom stereocenters. The van der Waals surface area contributed by atoms with Crippen LogP contribution in [0.25, 0.3) is 22.5 Å². The monoisotopic (exact) mass is 301 g/mol. The summed E-state index contributed by atoms with van der Waals surface area (Å²) in [4.78, 5) is 4.14. The number of hydrogen-bond donors (Lipinski definition) is 3. The van der Waals surface area contributed by atoms with Gasteiger partial charge in [0.2, 0.25) is 0 Å². The van der Waals surface area contributed by atoms with Crippen molar-refractivity contribution in [2.24, 2.45) is 0 Å². The first-order valence-corrected chi connectivity index (χ1v) is 6.38. The highest BCUT2D eigenvalue weighted by molar-refractivity contribution is 6.58. The van der Waals surface area contributed by atoms with Gasteiger partial charge in [-0.05, 0) is 12.1 Å². The Kier molecular flexibility index (Phi) is 3.70. The molecule has 0 unspecified atom stereocenters. The van der Waals surface area contributed by atoms with Crippen LogP contribution in [-0.2, 0) is 0 Å². The van der Waals surface area contributed by atoms with Gasteiger partial charge < -0.3 is 10.0 Å². The van der Waals surface area contributed by atoms with E-state index >= 15 is 0 Å². The molecule has 3 aromatic rings. The number of benzene rings is 1. The Balaban J connectivity index is 2.14. The van der Waals surface area contributed by atoms with E-state index in [1.807, 2.05) is 0 Å². The molecule has 2 heterocycles. The number of nitrogens with one attached hydrogen (secondary N) is 1. The summed E-state index contributed by atoms with van der Waals surface area (Å²) < 4.78 is 28.1. The highest BCUT2D eigenvalue weighted by atomic mass is 19.2. The van der Waals surface area contributed by atoms with Crippen LogP contribution in [0.15, 0.2) is 42.7 Å². The standard InChI is InChI=1S/C14H10BF2N3O2/c16-12-8(4-5-10(13(12)17)15(21)22)9-7-19-20-14(9)11-3-1-2-6-18-11/h1-7,21-22H,(H,19,20). The van der Waals surface area contributed by atoms with E-state index in [9.17, 15) is 8.78 Å². The maximum Gasteiger partial charge on any atom is 0.491 e. The Morgan fingerprint density at radius 1 is 1.00 bits per heavy atom. The molecule has 0 aliphatic heterocycles. The predicted octanol–water partition coefficient (Wildman–Crippen LogP) is 1.10. The van der Waals surface area contributed by atoms with Crippen LogP contribution < -0.4 is 5.46 Å². The van der Waals surface area contributed by atoms with Crippen molar-refractivity contribution >= 4 is 12.6 Å². The maximum atomic E-state index is 14.2. The van der Waals surface area contributed by atoms with Crippen LogP contribution in [0.4, 0.5) is 8.78 Å². The van der Waals surface area contributed by atoms with Crippen molar-refractivity contribution in [3.63, 3.8) is 0 Å². The molecular weight excluding hydrogens is 291 g/mol. The Bertz CT molecular complexity index is 809. The highest BCUT2D eigenvalue weighted by Gasteiger charge is 2.24. The molecule has 0 amide bonds. The minimum Gasteiger partial charge on any atom is -0.423 e. The van der Waals surface area contributed by atoms with Gasteiger partial charge in [0.05, 0.1) is 17.6 Å². The molecule has 2 aromatic heterocycles. The summed E-state index contributed by atoms with van der Waals surface area (Å²) in [6.07, 6.45) is 2.93. The normalized spacial score (nSPS) is 10.7. The van der Waals surface area contributed by atoms with Gasteiger partial charge in [-0.25, -0.2) is 8.78 Å². The second-order valence-corrected chi connectivity index (χ2v) is 4.58. The van der Waals surface area contributed by atoms with Crippen LogP contribution >= 0.6 is 0 Å². The van der Waals surface area contributed by atoms with Crippen molar-refractivity contribution in [3.8, 4) is 22.5 Å². The van der Waals surface area contributed by atoms with Gasteiger partial charge >= 0.3 is 7.12 Å². The average molecular weight is 301 g/mol. The Morgan fingerprint density at radius 2 is 1.82 bits per heavy atom. The molecule has 0 aliphatic rings. The first-order valence-electron chi connectivity index (χ1n) is 6.38. The molecule has 0 spiro atoms. The molecule has 0 saturated carbocycles. The molecule has 22 heavy (non-hydrogen) atoms. The summed E-state index contributed by atoms with van der Waals surface area (Å²) in [7, 11) is -2.08. The molecule has 5 nitrogen and oxygen atoms in total. The van der Waals surface area contributed by atoms with Crippen LogP contribution in [0.3, 0.4) is 0 Å². The van der Waals surface area contributed by atoms with Gasteiger partial charge in [-0.15, -0.1) is 0 Å². The summed E-state index contributed by atoms with van der Waals surface area (Å²) in [6, 6.07) is 7.58. The van der Waals surface area contributed by atoms with Gasteiger partial charge in [-0.2, -0.15) is 5.10 Å². The summed E-state index contributed by atoms with van der Waals surface area (Å²) in [5.41, 5.74) is 0.729. The Morgan fingerprint density at radius 3 is 2.50 bits per heavy atom. The van der Waals surface area contributed by atoms with E-state index < -0.39 is 24.2 Å². The van der Waals surface area contributed by atoms with Gasteiger partial charge in [0.25, 0.3) is 0 Å². The fourth-order valence-electron chi connectivity index (χ4n) is 2.17. The fraction of sp³-hybridized carbons (Fsp3) is 0. The van der Waals surface area contributed by atoms with Crippen LogP contribution in [0.5, 0.6) is 0 Å². The molecule has 0 radical (unpaired) electrons. The van der Waals surface area contributed by atoms with E-state index in [0.29, 0.717) is 17.0 Å². The molecular formula is C14H10BF2N3O2. The predicted molar refractivity (Wildman–Crippen MR) is 77.0 cm³/mol. The summed E-state index contributed by atoms with van der Waals surface area (Å²) >= 11 is 0. The quantitative estimate of drug-likeness (QED) is 0.633. The maximum absolute atomic E-state index is 14.2. The SMILES string of the molecule is OB(O)c1ccc(-c2cn[nH]c2-c2ccccn2)c(F)c1F. The first-order chi connectivity index (χ1) is 10.6. The molecule has 8 heteroatoms. The van der Waals surface area contributed by atoms with Crippen molar-refractivity contribution in [1.82, 2.24) is 15.2 Å². The average Bonchev–Trinajstić information content (AvgIpc) is 2.99. The third-order valence-corrected chi connectivity index (χ3v) is 3.24. The number of pyridine rings is 1. The second kappa shape index (κ2) is 5.66. The van der Waals surface area contributed by atoms with Crippen LogP contribution in [0, 0.1) is 11.6 Å². The second-order valence-electron chi connectivity index (χ2n) is 4.58. The molecule has 0 fully saturated rings. The number of halogens is 2. The van der Waals surface area contributed by atoms with Crippen molar-refractivity contribution in [3.05, 3.63) is 54.4 Å². The molecule has 0 bridgehead atoms. The van der Waals surface area contributed by atoms with Crippen molar-refractivity contribution in [2.75, 3.05) is 0 Å². The number of aromatic amines is 1. The lowest BCUT2D eigenvalue weighted by atomic mass is 9.79. The molecule has 110 valence electrons. The number of hydrogen-bond acceptors (Lipinski definition) is 4. The van der Waals surface area contributed by atoms with E-state index in [-0.39, 0.29) is 5.56 Å². The smallest absolute Gasteiger partial charge is 0.423 e. The zero-order chi connectivity index (χ0) is 15.7. The molecule has 0 aliphatic carbocycles.